The third-order valence-corrected chi connectivity index (χ3v) is 4.78. The summed E-state index contributed by atoms with van der Waals surface area (Å²) in [6.45, 7) is 11.5. The molecule has 4 nitrogen and oxygen atoms in total. The zero-order valence-electron chi connectivity index (χ0n) is 13.5. The highest BCUT2D eigenvalue weighted by Crippen LogP contribution is 2.40. The van der Waals surface area contributed by atoms with Gasteiger partial charge in [0.25, 0.3) is 0 Å². The van der Waals surface area contributed by atoms with E-state index in [1.54, 1.807) is 6.07 Å². The molecule has 0 saturated heterocycles. The summed E-state index contributed by atoms with van der Waals surface area (Å²) < 4.78 is 24.4. The fourth-order valence-corrected chi connectivity index (χ4v) is 3.03. The van der Waals surface area contributed by atoms with Gasteiger partial charge in [0.15, 0.2) is 9.84 Å². The van der Waals surface area contributed by atoms with E-state index in [9.17, 15) is 13.5 Å². The molecule has 0 atom stereocenters. The Bertz CT molecular complexity index is 649. The lowest BCUT2D eigenvalue weighted by Crippen LogP contribution is -2.19. The molecular formula is C16H23NO3S. The zero-order valence-corrected chi connectivity index (χ0v) is 14.3. The highest BCUT2D eigenvalue weighted by Gasteiger charge is 2.29. The average molecular weight is 309 g/mol. The van der Waals surface area contributed by atoms with E-state index in [0.717, 1.165) is 0 Å². The van der Waals surface area contributed by atoms with E-state index in [-0.39, 0.29) is 10.6 Å². The summed E-state index contributed by atoms with van der Waals surface area (Å²) in [5.41, 5.74) is 0.350. The van der Waals surface area contributed by atoms with E-state index in [4.69, 9.17) is 5.26 Å². The summed E-state index contributed by atoms with van der Waals surface area (Å²) in [5, 5.41) is 19.2. The van der Waals surface area contributed by atoms with E-state index in [2.05, 4.69) is 0 Å². The maximum Gasteiger partial charge on any atom is 0.191 e. The molecule has 0 spiro atoms. The van der Waals surface area contributed by atoms with Crippen LogP contribution in [0, 0.1) is 11.3 Å². The van der Waals surface area contributed by atoms with Crippen molar-refractivity contribution in [2.75, 3.05) is 5.75 Å². The van der Waals surface area contributed by atoms with Crippen molar-refractivity contribution >= 4 is 9.84 Å². The number of phenols is 1. The topological polar surface area (TPSA) is 78.2 Å². The highest BCUT2D eigenvalue weighted by atomic mass is 32.2. The predicted molar refractivity (Wildman–Crippen MR) is 83.2 cm³/mol. The first-order valence-corrected chi connectivity index (χ1v) is 8.43. The fraction of sp³-hybridized carbons (Fsp3) is 0.562. The average Bonchev–Trinajstić information content (AvgIpc) is 2.25. The number of hydrogen-bond acceptors (Lipinski definition) is 4. The van der Waals surface area contributed by atoms with Crippen molar-refractivity contribution in [2.45, 2.75) is 57.3 Å². The van der Waals surface area contributed by atoms with E-state index < -0.39 is 26.4 Å². The van der Waals surface area contributed by atoms with Gasteiger partial charge >= 0.3 is 0 Å². The van der Waals surface area contributed by atoms with Crippen LogP contribution in [0.25, 0.3) is 0 Å². The molecule has 21 heavy (non-hydrogen) atoms. The maximum absolute atomic E-state index is 12.2. The van der Waals surface area contributed by atoms with Crippen LogP contribution in [0.1, 0.15) is 52.7 Å². The standard InChI is InChI=1S/C16H23NO3S/c1-15(2,3)12-9-11(21(19,20)8-7-17)10-13(14(12)18)16(4,5)6/h9-10,18H,8H2,1-6H3. The van der Waals surface area contributed by atoms with E-state index in [1.807, 2.05) is 41.5 Å². The Balaban J connectivity index is 3.77. The van der Waals surface area contributed by atoms with Crippen molar-refractivity contribution in [3.8, 4) is 11.8 Å². The van der Waals surface area contributed by atoms with Crippen LogP contribution in [-0.4, -0.2) is 19.3 Å². The summed E-state index contributed by atoms with van der Waals surface area (Å²) in [6, 6.07) is 4.65. The molecule has 0 saturated carbocycles. The van der Waals surface area contributed by atoms with E-state index >= 15 is 0 Å². The molecule has 5 heteroatoms. The molecule has 0 aliphatic carbocycles. The van der Waals surface area contributed by atoms with Gasteiger partial charge in [0.05, 0.1) is 11.0 Å². The lowest BCUT2D eigenvalue weighted by molar-refractivity contribution is 0.422. The molecule has 0 heterocycles. The number of benzene rings is 1. The van der Waals surface area contributed by atoms with Crippen LogP contribution in [0.15, 0.2) is 17.0 Å². The van der Waals surface area contributed by atoms with Crippen LogP contribution in [-0.2, 0) is 20.7 Å². The summed E-state index contributed by atoms with van der Waals surface area (Å²) in [5.74, 6) is -0.434. The van der Waals surface area contributed by atoms with Crippen LogP contribution in [0.5, 0.6) is 5.75 Å². The number of nitrogens with zero attached hydrogens (tertiary/aromatic N) is 1. The van der Waals surface area contributed by atoms with Crippen molar-refractivity contribution in [3.05, 3.63) is 23.3 Å². The van der Waals surface area contributed by atoms with E-state index in [0.29, 0.717) is 11.1 Å². The van der Waals surface area contributed by atoms with Gasteiger partial charge in [-0.25, -0.2) is 8.42 Å². The molecular weight excluding hydrogens is 286 g/mol. The third-order valence-electron chi connectivity index (χ3n) is 3.31. The van der Waals surface area contributed by atoms with E-state index in [1.165, 1.54) is 12.1 Å². The molecule has 0 aliphatic heterocycles. The minimum atomic E-state index is -3.66. The second-order valence-corrected chi connectivity index (χ2v) is 9.27. The van der Waals surface area contributed by atoms with Crippen LogP contribution >= 0.6 is 0 Å². The largest absolute Gasteiger partial charge is 0.507 e. The minimum Gasteiger partial charge on any atom is -0.507 e. The SMILES string of the molecule is CC(C)(C)c1cc(S(=O)(=O)CC#N)cc(C(C)(C)C)c1O. The van der Waals surface area contributed by atoms with Crippen molar-refractivity contribution in [2.24, 2.45) is 0 Å². The van der Waals surface area contributed by atoms with Gasteiger partial charge in [-0.15, -0.1) is 0 Å². The minimum absolute atomic E-state index is 0.0942. The Morgan fingerprint density at radius 1 is 1.05 bits per heavy atom. The Morgan fingerprint density at radius 3 is 1.71 bits per heavy atom. The molecule has 0 fully saturated rings. The second kappa shape index (κ2) is 5.34. The molecule has 0 bridgehead atoms. The van der Waals surface area contributed by atoms with Gasteiger partial charge in [-0.1, -0.05) is 41.5 Å². The molecule has 116 valence electrons. The van der Waals surface area contributed by atoms with Crippen LogP contribution in [0.4, 0.5) is 0 Å². The highest BCUT2D eigenvalue weighted by molar-refractivity contribution is 7.91. The molecule has 0 amide bonds. The number of sulfone groups is 1. The Labute approximate surface area is 127 Å². The van der Waals surface area contributed by atoms with Gasteiger partial charge in [-0.05, 0) is 23.0 Å². The Morgan fingerprint density at radius 2 is 1.43 bits per heavy atom. The third kappa shape index (κ3) is 3.76. The Kier molecular flexibility index (Phi) is 4.45. The Hall–Kier alpha value is -1.54. The fourth-order valence-electron chi connectivity index (χ4n) is 2.10. The van der Waals surface area contributed by atoms with Crippen molar-refractivity contribution in [3.63, 3.8) is 0 Å². The monoisotopic (exact) mass is 309 g/mol. The summed E-state index contributed by atoms with van der Waals surface area (Å²) in [4.78, 5) is 0.0942. The van der Waals surface area contributed by atoms with Gasteiger partial charge in [-0.2, -0.15) is 5.26 Å². The van der Waals surface area contributed by atoms with Crippen molar-refractivity contribution in [1.29, 1.82) is 5.26 Å². The van der Waals surface area contributed by atoms with Crippen molar-refractivity contribution < 1.29 is 13.5 Å². The first-order valence-electron chi connectivity index (χ1n) is 6.78. The van der Waals surface area contributed by atoms with Gasteiger partial charge in [-0.3, -0.25) is 0 Å². The molecule has 0 aliphatic rings. The second-order valence-electron chi connectivity index (χ2n) is 7.28. The molecule has 0 radical (unpaired) electrons. The maximum atomic E-state index is 12.2. The lowest BCUT2D eigenvalue weighted by Gasteiger charge is -2.28. The predicted octanol–water partition coefficient (Wildman–Crippen LogP) is 3.28. The first-order chi connectivity index (χ1) is 9.30. The number of aromatic hydroxyl groups is 1. The molecule has 1 aromatic carbocycles. The van der Waals surface area contributed by atoms with Gasteiger partial charge in [0, 0.05) is 11.1 Å². The van der Waals surface area contributed by atoms with Gasteiger partial charge < -0.3 is 5.11 Å². The molecule has 1 aromatic rings. The number of phenolic OH excluding ortho intramolecular Hbond substituents is 1. The van der Waals surface area contributed by atoms with Crippen LogP contribution < -0.4 is 0 Å². The van der Waals surface area contributed by atoms with Gasteiger partial charge in [0.2, 0.25) is 0 Å². The van der Waals surface area contributed by atoms with Crippen LogP contribution in [0.3, 0.4) is 0 Å². The van der Waals surface area contributed by atoms with Crippen LogP contribution in [0.2, 0.25) is 0 Å². The molecule has 1 N–H and O–H groups in total. The molecule has 0 unspecified atom stereocenters. The molecule has 1 rings (SSSR count). The normalized spacial score (nSPS) is 13.0. The summed E-state index contributed by atoms with van der Waals surface area (Å²) >= 11 is 0. The lowest BCUT2D eigenvalue weighted by atomic mass is 9.79. The summed E-state index contributed by atoms with van der Waals surface area (Å²) in [6.07, 6.45) is 0. The van der Waals surface area contributed by atoms with Crippen molar-refractivity contribution in [1.82, 2.24) is 0 Å². The number of hydrogen-bond donors (Lipinski definition) is 1. The molecule has 0 aromatic heterocycles. The zero-order chi connectivity index (χ0) is 16.6. The number of rotatable bonds is 2. The smallest absolute Gasteiger partial charge is 0.191 e. The summed E-state index contributed by atoms with van der Waals surface area (Å²) in [7, 11) is -3.66. The van der Waals surface area contributed by atoms with Gasteiger partial charge in [0.1, 0.15) is 11.5 Å². The quantitative estimate of drug-likeness (QED) is 0.909. The number of nitriles is 1. The first kappa shape index (κ1) is 17.5.